The molecule has 1 saturated heterocycles. The van der Waals surface area contributed by atoms with Crippen molar-refractivity contribution in [1.29, 1.82) is 0 Å². The van der Waals surface area contributed by atoms with Crippen LogP contribution in [-0.2, 0) is 28.1 Å². The SMILES string of the molecule is [C-]#[N+]C1(c2ccc(N(CCCCc3cc4c(cc3F)C(=O)N(C3CCC(=O)NC3=O)C4)c3cc(-c4c(C)noc4C)ccc3C)cc2)CC1. The number of aromatic nitrogens is 1. The molecule has 2 fully saturated rings. The highest BCUT2D eigenvalue weighted by molar-refractivity contribution is 6.05. The van der Waals surface area contributed by atoms with E-state index in [1.54, 1.807) is 6.07 Å². The molecule has 1 saturated carbocycles. The molecule has 3 amide bonds. The lowest BCUT2D eigenvalue weighted by molar-refractivity contribution is -0.136. The lowest BCUT2D eigenvalue weighted by Gasteiger charge is -2.29. The number of fused-ring (bicyclic) bond motifs is 1. The summed E-state index contributed by atoms with van der Waals surface area (Å²) in [7, 11) is 0. The predicted molar refractivity (Wildman–Crippen MR) is 182 cm³/mol. The molecular formula is C39H38FN5O4. The molecular weight excluding hydrogens is 621 g/mol. The number of carbonyl (C=O) groups excluding carboxylic acids is 3. The van der Waals surface area contributed by atoms with Crippen LogP contribution in [0.5, 0.6) is 0 Å². The Morgan fingerprint density at radius 3 is 2.51 bits per heavy atom. The molecule has 3 aromatic carbocycles. The Kier molecular flexibility index (Phi) is 8.31. The zero-order chi connectivity index (χ0) is 34.4. The van der Waals surface area contributed by atoms with Gasteiger partial charge in [0, 0.05) is 60.4 Å². The van der Waals surface area contributed by atoms with Gasteiger partial charge in [-0.2, -0.15) is 0 Å². The van der Waals surface area contributed by atoms with E-state index in [0.29, 0.717) is 30.5 Å². The van der Waals surface area contributed by atoms with Gasteiger partial charge >= 0.3 is 0 Å². The number of unbranched alkanes of at least 4 members (excludes halogenated alkanes) is 1. The summed E-state index contributed by atoms with van der Waals surface area (Å²) in [5, 5.41) is 6.46. The Labute approximate surface area is 284 Å². The number of carbonyl (C=O) groups is 3. The number of nitrogens with zero attached hydrogens (tertiary/aromatic N) is 4. The third-order valence-corrected chi connectivity index (χ3v) is 10.2. The van der Waals surface area contributed by atoms with Crippen molar-refractivity contribution in [3.63, 3.8) is 0 Å². The van der Waals surface area contributed by atoms with Gasteiger partial charge in [-0.1, -0.05) is 23.4 Å². The number of halogens is 1. The van der Waals surface area contributed by atoms with E-state index in [0.717, 1.165) is 64.3 Å². The van der Waals surface area contributed by atoms with Gasteiger partial charge in [0.05, 0.1) is 5.69 Å². The minimum Gasteiger partial charge on any atom is -0.361 e. The number of amides is 3. The van der Waals surface area contributed by atoms with Gasteiger partial charge in [-0.05, 0) is 105 Å². The number of rotatable bonds is 10. The molecule has 1 N–H and O–H groups in total. The van der Waals surface area contributed by atoms with Crippen LogP contribution in [0.4, 0.5) is 15.8 Å². The van der Waals surface area contributed by atoms with Crippen molar-refractivity contribution in [2.75, 3.05) is 11.4 Å². The highest BCUT2D eigenvalue weighted by Gasteiger charge is 2.52. The maximum absolute atomic E-state index is 15.4. The number of hydrogen-bond donors (Lipinski definition) is 1. The van der Waals surface area contributed by atoms with Gasteiger partial charge in [-0.15, -0.1) is 0 Å². The molecule has 10 heteroatoms. The molecule has 250 valence electrons. The predicted octanol–water partition coefficient (Wildman–Crippen LogP) is 7.24. The molecule has 1 unspecified atom stereocenters. The fourth-order valence-corrected chi connectivity index (χ4v) is 7.29. The fourth-order valence-electron chi connectivity index (χ4n) is 7.29. The summed E-state index contributed by atoms with van der Waals surface area (Å²) in [5.74, 6) is -0.876. The van der Waals surface area contributed by atoms with E-state index in [-0.39, 0.29) is 42.3 Å². The number of nitrogens with one attached hydrogen (secondary N) is 1. The largest absolute Gasteiger partial charge is 0.361 e. The molecule has 9 nitrogen and oxygen atoms in total. The number of hydrogen-bond acceptors (Lipinski definition) is 6. The van der Waals surface area contributed by atoms with Crippen LogP contribution in [0, 0.1) is 33.2 Å². The van der Waals surface area contributed by atoms with E-state index in [1.165, 1.54) is 11.0 Å². The second-order valence-corrected chi connectivity index (χ2v) is 13.5. The fraction of sp³-hybridized carbons (Fsp3) is 0.359. The maximum atomic E-state index is 15.4. The Bertz CT molecular complexity index is 2000. The van der Waals surface area contributed by atoms with E-state index in [4.69, 9.17) is 11.1 Å². The quantitative estimate of drug-likeness (QED) is 0.110. The first-order valence-corrected chi connectivity index (χ1v) is 16.8. The molecule has 1 atom stereocenters. The Balaban J connectivity index is 1.10. The van der Waals surface area contributed by atoms with Gasteiger partial charge in [-0.3, -0.25) is 19.7 Å². The van der Waals surface area contributed by atoms with E-state index in [2.05, 4.69) is 69.6 Å². The van der Waals surface area contributed by atoms with E-state index in [9.17, 15) is 14.4 Å². The van der Waals surface area contributed by atoms with Gasteiger partial charge in [0.2, 0.25) is 11.8 Å². The van der Waals surface area contributed by atoms with Crippen molar-refractivity contribution < 1.29 is 23.3 Å². The number of piperidine rings is 1. The minimum absolute atomic E-state index is 0.169. The molecule has 1 aromatic heterocycles. The molecule has 2 aliphatic heterocycles. The first kappa shape index (κ1) is 32.3. The normalized spacial score (nSPS) is 17.9. The van der Waals surface area contributed by atoms with Crippen LogP contribution in [0.15, 0.2) is 59.1 Å². The topological polar surface area (TPSA) is 100 Å². The van der Waals surface area contributed by atoms with Crippen molar-refractivity contribution in [3.05, 3.63) is 111 Å². The zero-order valence-electron chi connectivity index (χ0n) is 27.9. The summed E-state index contributed by atoms with van der Waals surface area (Å²) in [4.78, 5) is 44.8. The van der Waals surface area contributed by atoms with Gasteiger partial charge in [0.25, 0.3) is 11.4 Å². The van der Waals surface area contributed by atoms with Crippen molar-refractivity contribution in [2.24, 2.45) is 0 Å². The van der Waals surface area contributed by atoms with Crippen LogP contribution in [0.3, 0.4) is 0 Å². The Morgan fingerprint density at radius 1 is 1.06 bits per heavy atom. The summed E-state index contributed by atoms with van der Waals surface area (Å²) in [6.45, 7) is 14.5. The second-order valence-electron chi connectivity index (χ2n) is 13.5. The zero-order valence-corrected chi connectivity index (χ0v) is 27.9. The summed E-state index contributed by atoms with van der Waals surface area (Å²) < 4.78 is 20.8. The first-order chi connectivity index (χ1) is 23.6. The van der Waals surface area contributed by atoms with Crippen LogP contribution in [-0.4, -0.2) is 40.4 Å². The Morgan fingerprint density at radius 2 is 1.84 bits per heavy atom. The van der Waals surface area contributed by atoms with Crippen LogP contribution in [0.25, 0.3) is 16.0 Å². The van der Waals surface area contributed by atoms with Crippen molar-refractivity contribution in [2.45, 2.75) is 83.8 Å². The maximum Gasteiger partial charge on any atom is 0.258 e. The smallest absolute Gasteiger partial charge is 0.258 e. The van der Waals surface area contributed by atoms with Crippen LogP contribution >= 0.6 is 0 Å². The van der Waals surface area contributed by atoms with E-state index in [1.807, 2.05) is 13.8 Å². The standard InChI is InChI=1S/C39H38FN5O4/c1-23-8-9-27(36-24(2)43-49-25(36)3)20-34(23)44(30-12-10-29(11-13-30)39(41-4)16-17-39)18-6-5-7-26-19-28-22-45(38(48)31(28)21-32(26)40)33-14-15-35(46)42-37(33)47/h8-13,19-21,33H,5-7,14-18,22H2,1-3H3,(H,42,46,47). The Hall–Kier alpha value is -5.30. The molecule has 7 rings (SSSR count). The monoisotopic (exact) mass is 659 g/mol. The van der Waals surface area contributed by atoms with Crippen molar-refractivity contribution >= 4 is 29.1 Å². The average Bonchev–Trinajstić information content (AvgIpc) is 3.74. The van der Waals surface area contributed by atoms with Gasteiger partial charge in [-0.25, -0.2) is 11.0 Å². The summed E-state index contributed by atoms with van der Waals surface area (Å²) >= 11 is 0. The van der Waals surface area contributed by atoms with Gasteiger partial charge in [0.1, 0.15) is 17.6 Å². The summed E-state index contributed by atoms with van der Waals surface area (Å²) in [6, 6.07) is 17.0. The summed E-state index contributed by atoms with van der Waals surface area (Å²) in [6.07, 6.45) is 4.17. The molecule has 4 aromatic rings. The molecule has 0 bridgehead atoms. The second kappa shape index (κ2) is 12.6. The molecule has 49 heavy (non-hydrogen) atoms. The third-order valence-electron chi connectivity index (χ3n) is 10.2. The van der Waals surface area contributed by atoms with Crippen molar-refractivity contribution in [3.8, 4) is 11.1 Å². The minimum atomic E-state index is -0.736. The molecule has 3 heterocycles. The average molecular weight is 660 g/mol. The summed E-state index contributed by atoms with van der Waals surface area (Å²) in [5.41, 5.74) is 8.18. The van der Waals surface area contributed by atoms with Crippen LogP contribution in [0.1, 0.15) is 82.6 Å². The van der Waals surface area contributed by atoms with Gasteiger partial charge < -0.3 is 19.2 Å². The highest BCUT2D eigenvalue weighted by Crippen LogP contribution is 2.50. The molecule has 0 spiro atoms. The highest BCUT2D eigenvalue weighted by atomic mass is 19.1. The van der Waals surface area contributed by atoms with E-state index < -0.39 is 17.8 Å². The lowest BCUT2D eigenvalue weighted by Crippen LogP contribution is -2.52. The third kappa shape index (κ3) is 5.99. The van der Waals surface area contributed by atoms with Crippen molar-refractivity contribution in [1.82, 2.24) is 15.4 Å². The lowest BCUT2D eigenvalue weighted by atomic mass is 9.99. The number of imide groups is 1. The van der Waals surface area contributed by atoms with Crippen LogP contribution in [0.2, 0.25) is 0 Å². The number of benzene rings is 3. The van der Waals surface area contributed by atoms with Gasteiger partial charge in [0.15, 0.2) is 0 Å². The number of aryl methyl sites for hydroxylation is 4. The number of anilines is 2. The van der Waals surface area contributed by atoms with E-state index >= 15 is 4.39 Å². The van der Waals surface area contributed by atoms with Crippen LogP contribution < -0.4 is 10.2 Å². The molecule has 1 aliphatic carbocycles. The first-order valence-electron chi connectivity index (χ1n) is 16.8. The molecule has 3 aliphatic rings. The molecule has 0 radical (unpaired) electrons.